The van der Waals surface area contributed by atoms with E-state index in [1.165, 1.54) is 0 Å². The minimum absolute atomic E-state index is 0.252. The summed E-state index contributed by atoms with van der Waals surface area (Å²) in [4.78, 5) is 24.9. The van der Waals surface area contributed by atoms with Crippen molar-refractivity contribution in [2.75, 3.05) is 6.54 Å². The molecule has 0 spiro atoms. The molecular formula is C17H19N3O2. The van der Waals surface area contributed by atoms with Crippen LogP contribution < -0.4 is 0 Å². The quantitative estimate of drug-likeness (QED) is 0.601. The van der Waals surface area contributed by atoms with Crippen molar-refractivity contribution in [1.82, 2.24) is 9.91 Å². The van der Waals surface area contributed by atoms with Crippen molar-refractivity contribution in [2.45, 2.75) is 20.0 Å². The third-order valence-electron chi connectivity index (χ3n) is 3.32. The highest BCUT2D eigenvalue weighted by molar-refractivity contribution is 5.74. The number of carbonyl (C=O) groups is 1. The Balaban J connectivity index is 2.20. The number of nitroso groups, excluding NO2 is 1. The van der Waals surface area contributed by atoms with Crippen LogP contribution in [0.5, 0.6) is 0 Å². The number of hydrogen-bond acceptors (Lipinski definition) is 3. The molecule has 0 aliphatic heterocycles. The van der Waals surface area contributed by atoms with Crippen LogP contribution in [0.15, 0.2) is 65.9 Å². The first-order chi connectivity index (χ1) is 10.7. The molecule has 0 unspecified atom stereocenters. The molecule has 0 radical (unpaired) electrons. The van der Waals surface area contributed by atoms with Crippen LogP contribution in [0.25, 0.3) is 0 Å². The maximum Gasteiger partial charge on any atom is 0.343 e. The molecule has 0 fully saturated rings. The summed E-state index contributed by atoms with van der Waals surface area (Å²) in [5.41, 5.74) is 2.02. The summed E-state index contributed by atoms with van der Waals surface area (Å²) in [5, 5.41) is 3.74. The number of benzene rings is 2. The Kier molecular flexibility index (Phi) is 5.65. The van der Waals surface area contributed by atoms with E-state index < -0.39 is 0 Å². The number of urea groups is 1. The summed E-state index contributed by atoms with van der Waals surface area (Å²) in [6.07, 6.45) is 0. The fourth-order valence-electron chi connectivity index (χ4n) is 2.19. The number of rotatable bonds is 6. The van der Waals surface area contributed by atoms with Gasteiger partial charge in [-0.1, -0.05) is 60.7 Å². The molecule has 5 nitrogen and oxygen atoms in total. The van der Waals surface area contributed by atoms with Crippen molar-refractivity contribution in [3.63, 3.8) is 0 Å². The van der Waals surface area contributed by atoms with Gasteiger partial charge in [-0.3, -0.25) is 0 Å². The van der Waals surface area contributed by atoms with Gasteiger partial charge in [-0.05, 0) is 18.1 Å². The predicted octanol–water partition coefficient (Wildman–Crippen LogP) is 3.81. The lowest BCUT2D eigenvalue weighted by molar-refractivity contribution is 0.150. The summed E-state index contributed by atoms with van der Waals surface area (Å²) in [7, 11) is 0. The molecule has 2 rings (SSSR count). The van der Waals surface area contributed by atoms with Crippen molar-refractivity contribution in [3.8, 4) is 0 Å². The lowest BCUT2D eigenvalue weighted by Gasteiger charge is -2.25. The molecule has 0 aliphatic rings. The second-order valence-electron chi connectivity index (χ2n) is 4.91. The van der Waals surface area contributed by atoms with E-state index in [1.54, 1.807) is 11.8 Å². The molecular weight excluding hydrogens is 278 g/mol. The zero-order valence-electron chi connectivity index (χ0n) is 12.6. The van der Waals surface area contributed by atoms with Crippen molar-refractivity contribution >= 4 is 6.03 Å². The first kappa shape index (κ1) is 15.7. The largest absolute Gasteiger partial charge is 0.343 e. The van der Waals surface area contributed by atoms with Crippen LogP contribution in [0.2, 0.25) is 0 Å². The molecule has 0 aromatic heterocycles. The Labute approximate surface area is 130 Å². The van der Waals surface area contributed by atoms with E-state index in [9.17, 15) is 9.70 Å². The summed E-state index contributed by atoms with van der Waals surface area (Å²) < 4.78 is 0. The molecule has 22 heavy (non-hydrogen) atoms. The van der Waals surface area contributed by atoms with Crippen LogP contribution in [0.4, 0.5) is 4.79 Å². The molecule has 5 heteroatoms. The molecule has 0 heterocycles. The molecule has 0 aliphatic carbocycles. The highest BCUT2D eigenvalue weighted by Gasteiger charge is 2.21. The summed E-state index contributed by atoms with van der Waals surface area (Å²) in [6, 6.07) is 19.0. The minimum Gasteiger partial charge on any atom is -0.314 e. The van der Waals surface area contributed by atoms with Gasteiger partial charge in [0.2, 0.25) is 0 Å². The second kappa shape index (κ2) is 7.93. The predicted molar refractivity (Wildman–Crippen MR) is 85.7 cm³/mol. The van der Waals surface area contributed by atoms with Crippen molar-refractivity contribution < 1.29 is 4.79 Å². The maximum atomic E-state index is 12.5. The van der Waals surface area contributed by atoms with Gasteiger partial charge in [-0.25, -0.2) is 4.79 Å². The van der Waals surface area contributed by atoms with E-state index in [-0.39, 0.29) is 12.6 Å². The van der Waals surface area contributed by atoms with E-state index in [0.29, 0.717) is 13.1 Å². The van der Waals surface area contributed by atoms with Gasteiger partial charge in [0.25, 0.3) is 0 Å². The SMILES string of the molecule is CCN(N=O)C(=O)N(Cc1ccccc1)Cc1ccccc1. The first-order valence-electron chi connectivity index (χ1n) is 7.22. The Morgan fingerprint density at radius 3 is 1.73 bits per heavy atom. The lowest BCUT2D eigenvalue weighted by atomic mass is 10.2. The second-order valence-corrected chi connectivity index (χ2v) is 4.91. The minimum atomic E-state index is -0.384. The third kappa shape index (κ3) is 4.15. The van der Waals surface area contributed by atoms with E-state index in [4.69, 9.17) is 0 Å². The average Bonchev–Trinajstić information content (AvgIpc) is 2.57. The highest BCUT2D eigenvalue weighted by atomic mass is 16.3. The van der Waals surface area contributed by atoms with Crippen LogP contribution in [0.1, 0.15) is 18.1 Å². The molecule has 0 atom stereocenters. The highest BCUT2D eigenvalue weighted by Crippen LogP contribution is 2.13. The van der Waals surface area contributed by atoms with Gasteiger partial charge in [-0.15, -0.1) is 4.91 Å². The van der Waals surface area contributed by atoms with Gasteiger partial charge in [0.05, 0.1) is 5.29 Å². The number of amides is 2. The lowest BCUT2D eigenvalue weighted by Crippen LogP contribution is -2.39. The van der Waals surface area contributed by atoms with Crippen LogP contribution in [0, 0.1) is 4.91 Å². The van der Waals surface area contributed by atoms with E-state index >= 15 is 0 Å². The summed E-state index contributed by atoms with van der Waals surface area (Å²) in [6.45, 7) is 2.84. The van der Waals surface area contributed by atoms with E-state index in [1.807, 2.05) is 60.7 Å². The topological polar surface area (TPSA) is 53.0 Å². The smallest absolute Gasteiger partial charge is 0.314 e. The van der Waals surface area contributed by atoms with Crippen LogP contribution >= 0.6 is 0 Å². The number of hydrogen-bond donors (Lipinski definition) is 0. The van der Waals surface area contributed by atoms with E-state index in [2.05, 4.69) is 5.29 Å². The number of nitrogens with zero attached hydrogens (tertiary/aromatic N) is 3. The average molecular weight is 297 g/mol. The normalized spacial score (nSPS) is 10.0. The van der Waals surface area contributed by atoms with Crippen LogP contribution in [0.3, 0.4) is 0 Å². The Bertz CT molecular complexity index is 560. The fraction of sp³-hybridized carbons (Fsp3) is 0.235. The monoisotopic (exact) mass is 297 g/mol. The van der Waals surface area contributed by atoms with Crippen LogP contribution in [-0.2, 0) is 13.1 Å². The fourth-order valence-corrected chi connectivity index (χ4v) is 2.19. The first-order valence-corrected chi connectivity index (χ1v) is 7.22. The van der Waals surface area contributed by atoms with Crippen molar-refractivity contribution in [1.29, 1.82) is 0 Å². The maximum absolute atomic E-state index is 12.5. The van der Waals surface area contributed by atoms with Gasteiger partial charge in [-0.2, -0.15) is 5.01 Å². The Hall–Kier alpha value is -2.69. The Morgan fingerprint density at radius 1 is 0.909 bits per heavy atom. The van der Waals surface area contributed by atoms with E-state index in [0.717, 1.165) is 16.1 Å². The molecule has 2 aromatic carbocycles. The molecule has 0 saturated heterocycles. The molecule has 0 saturated carbocycles. The zero-order valence-corrected chi connectivity index (χ0v) is 12.6. The summed E-state index contributed by atoms with van der Waals surface area (Å²) in [5.74, 6) is 0. The zero-order chi connectivity index (χ0) is 15.8. The molecule has 114 valence electrons. The van der Waals surface area contributed by atoms with Crippen molar-refractivity contribution in [2.24, 2.45) is 5.29 Å². The van der Waals surface area contributed by atoms with Gasteiger partial charge < -0.3 is 4.90 Å². The third-order valence-corrected chi connectivity index (χ3v) is 3.32. The van der Waals surface area contributed by atoms with Gasteiger partial charge in [0, 0.05) is 19.6 Å². The standard InChI is InChI=1S/C17H19N3O2/c1-2-20(18-22)17(21)19(13-15-9-5-3-6-10-15)14-16-11-7-4-8-12-16/h3-12H,2,13-14H2,1H3. The molecule has 2 amide bonds. The number of carbonyl (C=O) groups excluding carboxylic acids is 1. The van der Waals surface area contributed by atoms with Gasteiger partial charge >= 0.3 is 6.03 Å². The van der Waals surface area contributed by atoms with Gasteiger partial charge in [0.1, 0.15) is 0 Å². The molecule has 0 bridgehead atoms. The van der Waals surface area contributed by atoms with Gasteiger partial charge in [0.15, 0.2) is 0 Å². The Morgan fingerprint density at radius 2 is 1.36 bits per heavy atom. The molecule has 2 aromatic rings. The van der Waals surface area contributed by atoms with Crippen LogP contribution in [-0.4, -0.2) is 22.5 Å². The van der Waals surface area contributed by atoms with Crippen molar-refractivity contribution in [3.05, 3.63) is 76.7 Å². The molecule has 0 N–H and O–H groups in total. The summed E-state index contributed by atoms with van der Waals surface area (Å²) >= 11 is 0.